The number of anilines is 2. The van der Waals surface area contributed by atoms with Gasteiger partial charge in [-0.2, -0.15) is 8.42 Å². The average molecular weight is 503 g/mol. The van der Waals surface area contributed by atoms with Crippen LogP contribution in [0.4, 0.5) is 15.6 Å². The lowest BCUT2D eigenvalue weighted by atomic mass is 10.1. The van der Waals surface area contributed by atoms with Crippen molar-refractivity contribution in [2.24, 2.45) is 5.14 Å². The van der Waals surface area contributed by atoms with Crippen molar-refractivity contribution in [3.05, 3.63) is 66.0 Å². The maximum Gasteiger partial charge on any atom is 0.319 e. The van der Waals surface area contributed by atoms with E-state index in [0.29, 0.717) is 23.7 Å². The van der Waals surface area contributed by atoms with E-state index < -0.39 is 28.2 Å². The number of rotatable bonds is 11. The molecule has 0 radical (unpaired) electrons. The van der Waals surface area contributed by atoms with Gasteiger partial charge >= 0.3 is 6.03 Å². The van der Waals surface area contributed by atoms with E-state index in [0.717, 1.165) is 11.3 Å². The summed E-state index contributed by atoms with van der Waals surface area (Å²) in [5.74, 6) is -0.420. The largest absolute Gasteiger partial charge is 0.326 e. The first-order chi connectivity index (χ1) is 16.3. The summed E-state index contributed by atoms with van der Waals surface area (Å²) < 4.78 is 24.2. The molecule has 12 heteroatoms. The first-order valence-corrected chi connectivity index (χ1v) is 12.9. The first kappa shape index (κ1) is 25.3. The van der Waals surface area contributed by atoms with Crippen molar-refractivity contribution in [2.75, 3.05) is 17.2 Å². The molecule has 3 amide bonds. The molecule has 0 aliphatic heterocycles. The van der Waals surface area contributed by atoms with Crippen LogP contribution in [0.3, 0.4) is 0 Å². The van der Waals surface area contributed by atoms with Crippen molar-refractivity contribution in [1.82, 2.24) is 15.0 Å². The minimum Gasteiger partial charge on any atom is -0.326 e. The highest BCUT2D eigenvalue weighted by Crippen LogP contribution is 2.24. The van der Waals surface area contributed by atoms with Gasteiger partial charge in [0.1, 0.15) is 6.04 Å². The standard InChI is InChI=1S/C22H26N6O4S2/c23-34(31,32)24-14-8-7-13-18(26-21(30)25-17-11-5-2-6-12-17)20(29)28-22-27-19(15-33-22)16-9-3-1-4-10-16/h1-6,9-12,15,18,24H,7-8,13-14H2,(H2,23,31,32)(H2,25,26,30)(H,27,28,29)/t18-/m0/s1. The number of nitrogens with two attached hydrogens (primary N) is 1. The summed E-state index contributed by atoms with van der Waals surface area (Å²) in [4.78, 5) is 29.9. The van der Waals surface area contributed by atoms with Crippen LogP contribution in [0.15, 0.2) is 66.0 Å². The monoisotopic (exact) mass is 502 g/mol. The summed E-state index contributed by atoms with van der Waals surface area (Å²) in [5.41, 5.74) is 2.25. The van der Waals surface area contributed by atoms with Gasteiger partial charge in [-0.05, 0) is 31.4 Å². The summed E-state index contributed by atoms with van der Waals surface area (Å²) in [6.45, 7) is 0.135. The Bertz CT molecular complexity index is 1190. The normalized spacial score (nSPS) is 12.0. The SMILES string of the molecule is NS(=O)(=O)NCCCC[C@H](NC(=O)Nc1ccccc1)C(=O)Nc1nc(-c2ccccc2)cs1. The Labute approximate surface area is 202 Å². The fourth-order valence-corrected chi connectivity index (χ4v) is 4.22. The van der Waals surface area contributed by atoms with E-state index in [1.165, 1.54) is 11.3 Å². The number of nitrogens with zero attached hydrogens (tertiary/aromatic N) is 1. The van der Waals surface area contributed by atoms with Crippen molar-refractivity contribution in [3.63, 3.8) is 0 Å². The fraction of sp³-hybridized carbons (Fsp3) is 0.227. The third kappa shape index (κ3) is 8.56. The van der Waals surface area contributed by atoms with E-state index >= 15 is 0 Å². The molecular weight excluding hydrogens is 476 g/mol. The van der Waals surface area contributed by atoms with Gasteiger partial charge in [0.15, 0.2) is 5.13 Å². The van der Waals surface area contributed by atoms with Crippen molar-refractivity contribution >= 4 is 44.3 Å². The van der Waals surface area contributed by atoms with Crippen molar-refractivity contribution in [2.45, 2.75) is 25.3 Å². The number of carbonyl (C=O) groups is 2. The number of hydrogen-bond donors (Lipinski definition) is 5. The number of amides is 3. The van der Waals surface area contributed by atoms with E-state index in [9.17, 15) is 18.0 Å². The third-order valence-corrected chi connectivity index (χ3v) is 6.04. The van der Waals surface area contributed by atoms with Crippen LogP contribution < -0.4 is 25.8 Å². The van der Waals surface area contributed by atoms with Gasteiger partial charge < -0.3 is 16.0 Å². The molecule has 1 aromatic heterocycles. The predicted molar refractivity (Wildman–Crippen MR) is 134 cm³/mol. The molecule has 6 N–H and O–H groups in total. The molecule has 1 heterocycles. The van der Waals surface area contributed by atoms with Crippen LogP contribution in [0.1, 0.15) is 19.3 Å². The zero-order valence-electron chi connectivity index (χ0n) is 18.2. The van der Waals surface area contributed by atoms with Gasteiger partial charge in [0, 0.05) is 23.2 Å². The lowest BCUT2D eigenvalue weighted by Crippen LogP contribution is -2.45. The van der Waals surface area contributed by atoms with Gasteiger partial charge in [0.05, 0.1) is 5.69 Å². The van der Waals surface area contributed by atoms with Gasteiger partial charge in [0.2, 0.25) is 5.91 Å². The molecule has 180 valence electrons. The van der Waals surface area contributed by atoms with Crippen LogP contribution >= 0.6 is 11.3 Å². The Balaban J connectivity index is 1.61. The molecule has 3 aromatic rings. The zero-order valence-corrected chi connectivity index (χ0v) is 19.9. The second kappa shape index (κ2) is 12.2. The van der Waals surface area contributed by atoms with E-state index in [1.54, 1.807) is 24.3 Å². The second-order valence-corrected chi connectivity index (χ2v) is 9.58. The van der Waals surface area contributed by atoms with Gasteiger partial charge in [-0.15, -0.1) is 11.3 Å². The van der Waals surface area contributed by atoms with Crippen LogP contribution in [0.5, 0.6) is 0 Å². The number of para-hydroxylation sites is 1. The second-order valence-electron chi connectivity index (χ2n) is 7.35. The molecule has 0 aliphatic rings. The van der Waals surface area contributed by atoms with E-state index in [1.807, 2.05) is 41.8 Å². The molecule has 0 fully saturated rings. The summed E-state index contributed by atoms with van der Waals surface area (Å²) in [6, 6.07) is 17.0. The summed E-state index contributed by atoms with van der Waals surface area (Å²) in [7, 11) is -3.77. The maximum atomic E-state index is 13.0. The van der Waals surface area contributed by atoms with Gasteiger partial charge in [-0.25, -0.2) is 19.6 Å². The lowest BCUT2D eigenvalue weighted by Gasteiger charge is -2.18. The zero-order chi connectivity index (χ0) is 24.4. The minimum absolute atomic E-state index is 0.135. The molecule has 1 atom stereocenters. The minimum atomic E-state index is -3.77. The van der Waals surface area contributed by atoms with Crippen molar-refractivity contribution < 1.29 is 18.0 Å². The molecule has 2 aromatic carbocycles. The first-order valence-electron chi connectivity index (χ1n) is 10.5. The summed E-state index contributed by atoms with van der Waals surface area (Å²) in [6.07, 6.45) is 1.20. The van der Waals surface area contributed by atoms with Crippen LogP contribution in [-0.2, 0) is 15.0 Å². The fourth-order valence-electron chi connectivity index (χ4n) is 3.07. The lowest BCUT2D eigenvalue weighted by molar-refractivity contribution is -0.118. The Hall–Kier alpha value is -3.32. The molecule has 3 rings (SSSR count). The molecule has 10 nitrogen and oxygen atoms in total. The smallest absolute Gasteiger partial charge is 0.319 e. The molecule has 0 spiro atoms. The van der Waals surface area contributed by atoms with E-state index in [4.69, 9.17) is 5.14 Å². The van der Waals surface area contributed by atoms with Crippen molar-refractivity contribution in [1.29, 1.82) is 0 Å². The number of hydrogen-bond acceptors (Lipinski definition) is 6. The Morgan fingerprint density at radius 2 is 1.65 bits per heavy atom. The molecule has 0 saturated heterocycles. The summed E-state index contributed by atoms with van der Waals surface area (Å²) >= 11 is 1.28. The number of carbonyl (C=O) groups excluding carboxylic acids is 2. The number of benzene rings is 2. The van der Waals surface area contributed by atoms with E-state index in [-0.39, 0.29) is 13.0 Å². The summed E-state index contributed by atoms with van der Waals surface area (Å²) in [5, 5.41) is 15.3. The van der Waals surface area contributed by atoms with Crippen LogP contribution in [0.25, 0.3) is 11.3 Å². The van der Waals surface area contributed by atoms with Gasteiger partial charge in [-0.1, -0.05) is 48.5 Å². The Kier molecular flexibility index (Phi) is 9.10. The average Bonchev–Trinajstić information content (AvgIpc) is 3.27. The number of aromatic nitrogens is 1. The number of urea groups is 1. The maximum absolute atomic E-state index is 13.0. The van der Waals surface area contributed by atoms with Crippen molar-refractivity contribution in [3.8, 4) is 11.3 Å². The van der Waals surface area contributed by atoms with Gasteiger partial charge in [0.25, 0.3) is 10.2 Å². The Morgan fingerprint density at radius 3 is 2.32 bits per heavy atom. The van der Waals surface area contributed by atoms with E-state index in [2.05, 4.69) is 25.7 Å². The Morgan fingerprint density at radius 1 is 0.971 bits per heavy atom. The number of unbranched alkanes of at least 4 members (excludes halogenated alkanes) is 1. The molecule has 34 heavy (non-hydrogen) atoms. The highest BCUT2D eigenvalue weighted by atomic mass is 32.2. The number of nitrogens with one attached hydrogen (secondary N) is 4. The quantitative estimate of drug-likeness (QED) is 0.255. The topological polar surface area (TPSA) is 155 Å². The third-order valence-electron chi connectivity index (χ3n) is 4.68. The van der Waals surface area contributed by atoms with Crippen LogP contribution in [-0.4, -0.2) is 37.9 Å². The molecule has 0 unspecified atom stereocenters. The highest BCUT2D eigenvalue weighted by Gasteiger charge is 2.22. The molecule has 0 saturated carbocycles. The molecule has 0 aliphatic carbocycles. The number of thiazole rings is 1. The highest BCUT2D eigenvalue weighted by molar-refractivity contribution is 7.87. The van der Waals surface area contributed by atoms with Gasteiger partial charge in [-0.3, -0.25) is 4.79 Å². The molecular formula is C22H26N6O4S2. The van der Waals surface area contributed by atoms with Crippen LogP contribution in [0, 0.1) is 0 Å². The predicted octanol–water partition coefficient (Wildman–Crippen LogP) is 2.90. The molecule has 0 bridgehead atoms. The van der Waals surface area contributed by atoms with Crippen LogP contribution in [0.2, 0.25) is 0 Å².